The number of halogens is 2. The number of carbonyl (C=O) groups excluding carboxylic acids is 1. The van der Waals surface area contributed by atoms with E-state index in [0.29, 0.717) is 42.2 Å². The molecule has 2 aromatic carbocycles. The van der Waals surface area contributed by atoms with Crippen molar-refractivity contribution in [3.8, 4) is 0 Å². The number of nitrogens with zero attached hydrogens (tertiary/aromatic N) is 2. The number of non-ortho nitro benzene ring substituents is 1. The lowest BCUT2D eigenvalue weighted by Gasteiger charge is -2.30. The van der Waals surface area contributed by atoms with E-state index in [0.717, 1.165) is 0 Å². The molecule has 1 saturated heterocycles. The lowest BCUT2D eigenvalue weighted by atomic mass is 10.1. The van der Waals surface area contributed by atoms with Crippen LogP contribution >= 0.6 is 15.9 Å². The van der Waals surface area contributed by atoms with Gasteiger partial charge >= 0.3 is 0 Å². The molecule has 0 spiro atoms. The van der Waals surface area contributed by atoms with Crippen molar-refractivity contribution in [3.05, 3.63) is 62.4 Å². The van der Waals surface area contributed by atoms with Crippen molar-refractivity contribution in [2.75, 3.05) is 36.5 Å². The normalized spacial score (nSPS) is 14.2. The number of nitro benzene ring substituents is 1. The van der Waals surface area contributed by atoms with Crippen molar-refractivity contribution in [1.29, 1.82) is 0 Å². The Kier molecular flexibility index (Phi) is 5.48. The highest BCUT2D eigenvalue weighted by atomic mass is 79.9. The number of anilines is 2. The topological polar surface area (TPSA) is 84.7 Å². The van der Waals surface area contributed by atoms with Gasteiger partial charge < -0.3 is 15.0 Å². The third-order valence-corrected chi connectivity index (χ3v) is 4.62. The maximum Gasteiger partial charge on any atom is 0.270 e. The number of amides is 1. The molecule has 0 radical (unpaired) electrons. The molecular formula is C17H15BrFN3O4. The highest BCUT2D eigenvalue weighted by molar-refractivity contribution is 9.10. The Balaban J connectivity index is 1.95. The van der Waals surface area contributed by atoms with Crippen LogP contribution in [0.15, 0.2) is 40.9 Å². The van der Waals surface area contributed by atoms with Crippen LogP contribution in [0.1, 0.15) is 10.4 Å². The molecule has 26 heavy (non-hydrogen) atoms. The van der Waals surface area contributed by atoms with Gasteiger partial charge in [0.25, 0.3) is 11.6 Å². The van der Waals surface area contributed by atoms with Gasteiger partial charge in [0.15, 0.2) is 0 Å². The number of rotatable bonds is 4. The minimum Gasteiger partial charge on any atom is -0.378 e. The third kappa shape index (κ3) is 4.00. The smallest absolute Gasteiger partial charge is 0.270 e. The number of benzene rings is 2. The summed E-state index contributed by atoms with van der Waals surface area (Å²) < 4.78 is 18.9. The van der Waals surface area contributed by atoms with Crippen LogP contribution < -0.4 is 10.2 Å². The van der Waals surface area contributed by atoms with E-state index in [-0.39, 0.29) is 11.3 Å². The van der Waals surface area contributed by atoms with Gasteiger partial charge in [-0.3, -0.25) is 14.9 Å². The van der Waals surface area contributed by atoms with E-state index in [1.807, 2.05) is 4.90 Å². The Morgan fingerprint density at radius 2 is 1.96 bits per heavy atom. The number of hydrogen-bond acceptors (Lipinski definition) is 5. The first kappa shape index (κ1) is 18.3. The average Bonchev–Trinajstić information content (AvgIpc) is 2.64. The van der Waals surface area contributed by atoms with Crippen molar-refractivity contribution in [2.24, 2.45) is 0 Å². The molecule has 0 atom stereocenters. The van der Waals surface area contributed by atoms with E-state index in [9.17, 15) is 19.3 Å². The molecule has 7 nitrogen and oxygen atoms in total. The van der Waals surface area contributed by atoms with Gasteiger partial charge in [-0.25, -0.2) is 4.39 Å². The van der Waals surface area contributed by atoms with Gasteiger partial charge in [-0.1, -0.05) is 0 Å². The van der Waals surface area contributed by atoms with Gasteiger partial charge in [-0.05, 0) is 40.2 Å². The van der Waals surface area contributed by atoms with Crippen LogP contribution in [-0.2, 0) is 4.74 Å². The summed E-state index contributed by atoms with van der Waals surface area (Å²) in [5, 5.41) is 13.8. The number of hydrogen-bond donors (Lipinski definition) is 1. The lowest BCUT2D eigenvalue weighted by molar-refractivity contribution is -0.384. The van der Waals surface area contributed by atoms with E-state index in [1.165, 1.54) is 30.3 Å². The Hall–Kier alpha value is -2.52. The molecule has 0 saturated carbocycles. The zero-order chi connectivity index (χ0) is 18.7. The summed E-state index contributed by atoms with van der Waals surface area (Å²) in [6.45, 7) is 2.19. The van der Waals surface area contributed by atoms with Crippen molar-refractivity contribution in [1.82, 2.24) is 0 Å². The number of carbonyl (C=O) groups is 1. The highest BCUT2D eigenvalue weighted by Gasteiger charge is 2.22. The number of nitro groups is 1. The summed E-state index contributed by atoms with van der Waals surface area (Å²) in [5.41, 5.74) is 0.966. The van der Waals surface area contributed by atoms with Gasteiger partial charge in [0.05, 0.1) is 35.1 Å². The van der Waals surface area contributed by atoms with Crippen LogP contribution in [0.25, 0.3) is 0 Å². The quantitative estimate of drug-likeness (QED) is 0.599. The molecule has 2 aromatic rings. The molecule has 3 rings (SSSR count). The summed E-state index contributed by atoms with van der Waals surface area (Å²) >= 11 is 3.19. The molecule has 1 fully saturated rings. The molecular weight excluding hydrogens is 409 g/mol. The number of morpholine rings is 1. The predicted octanol–water partition coefficient (Wildman–Crippen LogP) is 3.59. The van der Waals surface area contributed by atoms with E-state index in [2.05, 4.69) is 21.2 Å². The predicted molar refractivity (Wildman–Crippen MR) is 98.2 cm³/mol. The first-order chi connectivity index (χ1) is 12.5. The Bertz CT molecular complexity index is 856. The molecule has 1 heterocycles. The van der Waals surface area contributed by atoms with Crippen molar-refractivity contribution >= 4 is 38.9 Å². The molecule has 0 aromatic heterocycles. The molecule has 1 aliphatic heterocycles. The van der Waals surface area contributed by atoms with Gasteiger partial charge in [0.1, 0.15) is 5.82 Å². The van der Waals surface area contributed by atoms with Crippen LogP contribution in [0.2, 0.25) is 0 Å². The molecule has 0 bridgehead atoms. The van der Waals surface area contributed by atoms with E-state index >= 15 is 0 Å². The molecule has 1 N–H and O–H groups in total. The monoisotopic (exact) mass is 423 g/mol. The summed E-state index contributed by atoms with van der Waals surface area (Å²) in [6, 6.07) is 8.05. The molecule has 136 valence electrons. The second-order valence-corrected chi connectivity index (χ2v) is 6.49. The van der Waals surface area contributed by atoms with Gasteiger partial charge in [-0.15, -0.1) is 0 Å². The molecule has 0 unspecified atom stereocenters. The van der Waals surface area contributed by atoms with E-state index in [4.69, 9.17) is 4.74 Å². The average molecular weight is 424 g/mol. The van der Waals surface area contributed by atoms with Gasteiger partial charge in [-0.2, -0.15) is 0 Å². The first-order valence-corrected chi connectivity index (χ1v) is 8.62. The number of nitrogens with one attached hydrogen (secondary N) is 1. The zero-order valence-electron chi connectivity index (χ0n) is 13.6. The molecule has 1 aliphatic rings. The summed E-state index contributed by atoms with van der Waals surface area (Å²) in [4.78, 5) is 25.3. The van der Waals surface area contributed by atoms with Crippen LogP contribution in [0.3, 0.4) is 0 Å². The standard InChI is InChI=1S/C17H15BrFN3O4/c18-14-9-11(19)1-3-15(14)20-17(23)13-10-12(22(24)25)2-4-16(13)21-5-7-26-8-6-21/h1-4,9-10H,5-8H2,(H,20,23). The molecule has 9 heteroatoms. The first-order valence-electron chi connectivity index (χ1n) is 7.83. The fourth-order valence-corrected chi connectivity index (χ4v) is 3.13. The maximum absolute atomic E-state index is 13.2. The largest absolute Gasteiger partial charge is 0.378 e. The van der Waals surface area contributed by atoms with Gasteiger partial charge in [0.2, 0.25) is 0 Å². The number of ether oxygens (including phenoxy) is 1. The third-order valence-electron chi connectivity index (χ3n) is 3.97. The van der Waals surface area contributed by atoms with Crippen LogP contribution in [0.5, 0.6) is 0 Å². The summed E-state index contributed by atoms with van der Waals surface area (Å²) in [7, 11) is 0. The van der Waals surface area contributed by atoms with Crippen molar-refractivity contribution < 1.29 is 18.8 Å². The van der Waals surface area contributed by atoms with E-state index < -0.39 is 16.6 Å². The fraction of sp³-hybridized carbons (Fsp3) is 0.235. The second kappa shape index (κ2) is 7.79. The molecule has 0 aliphatic carbocycles. The van der Waals surface area contributed by atoms with Crippen LogP contribution in [-0.4, -0.2) is 37.1 Å². The Morgan fingerprint density at radius 1 is 1.23 bits per heavy atom. The Morgan fingerprint density at radius 3 is 2.62 bits per heavy atom. The highest BCUT2D eigenvalue weighted by Crippen LogP contribution is 2.29. The minimum atomic E-state index is -0.548. The van der Waals surface area contributed by atoms with Crippen LogP contribution in [0.4, 0.5) is 21.5 Å². The van der Waals surface area contributed by atoms with Crippen molar-refractivity contribution in [3.63, 3.8) is 0 Å². The summed E-state index contributed by atoms with van der Waals surface area (Å²) in [6.07, 6.45) is 0. The second-order valence-electron chi connectivity index (χ2n) is 5.64. The SMILES string of the molecule is O=C(Nc1ccc(F)cc1Br)c1cc([N+](=O)[O-])ccc1N1CCOCC1. The maximum atomic E-state index is 13.2. The molecule has 1 amide bonds. The van der Waals surface area contributed by atoms with Gasteiger partial charge in [0, 0.05) is 29.7 Å². The summed E-state index contributed by atoms with van der Waals surface area (Å²) in [5.74, 6) is -0.957. The minimum absolute atomic E-state index is 0.176. The lowest BCUT2D eigenvalue weighted by Crippen LogP contribution is -2.37. The van der Waals surface area contributed by atoms with Crippen LogP contribution in [0, 0.1) is 15.9 Å². The zero-order valence-corrected chi connectivity index (χ0v) is 15.2. The Labute approximate surface area is 157 Å². The van der Waals surface area contributed by atoms with E-state index in [1.54, 1.807) is 6.07 Å². The fourth-order valence-electron chi connectivity index (χ4n) is 2.68. The van der Waals surface area contributed by atoms with Crippen molar-refractivity contribution in [2.45, 2.75) is 0 Å².